The molecule has 90 valence electrons. The zero-order valence-electron chi connectivity index (χ0n) is 10.5. The molecule has 1 atom stereocenters. The third-order valence-corrected chi connectivity index (χ3v) is 4.48. The minimum atomic E-state index is 0.808. The molecule has 0 aromatic heterocycles. The Hall–Kier alpha value is -1.63. The van der Waals surface area contributed by atoms with E-state index in [1.54, 1.807) is 5.57 Å². The molecular weight excluding hydrogens is 218 g/mol. The van der Waals surface area contributed by atoms with Crippen molar-refractivity contribution in [3.05, 3.63) is 40.9 Å². The molecule has 0 N–H and O–H groups in total. The second-order valence-corrected chi connectivity index (χ2v) is 5.51. The van der Waals surface area contributed by atoms with Crippen LogP contribution in [0.5, 0.6) is 0 Å². The number of rotatable bonds is 0. The van der Waals surface area contributed by atoms with Crippen molar-refractivity contribution in [1.29, 1.82) is 0 Å². The van der Waals surface area contributed by atoms with Gasteiger partial charge < -0.3 is 0 Å². The van der Waals surface area contributed by atoms with Crippen LogP contribution in [0.3, 0.4) is 0 Å². The molecular formula is C17H17N. The van der Waals surface area contributed by atoms with E-state index in [1.807, 2.05) is 12.3 Å². The fraction of sp³-hybridized carbons (Fsp3) is 0.353. The molecule has 0 radical (unpaired) electrons. The first-order valence-electron chi connectivity index (χ1n) is 7.00. The third kappa shape index (κ3) is 1.43. The summed E-state index contributed by atoms with van der Waals surface area (Å²) in [4.78, 5) is 4.55. The maximum atomic E-state index is 4.55. The van der Waals surface area contributed by atoms with Crippen LogP contribution in [0.15, 0.2) is 30.5 Å². The quantitative estimate of drug-likeness (QED) is 0.684. The lowest BCUT2D eigenvalue weighted by Gasteiger charge is -2.26. The molecule has 0 spiro atoms. The summed E-state index contributed by atoms with van der Waals surface area (Å²) < 4.78 is 0. The summed E-state index contributed by atoms with van der Waals surface area (Å²) in [5.74, 6) is 0.808. The van der Waals surface area contributed by atoms with E-state index in [4.69, 9.17) is 0 Å². The zero-order valence-corrected chi connectivity index (χ0v) is 10.5. The van der Waals surface area contributed by atoms with E-state index in [2.05, 4.69) is 29.3 Å². The zero-order chi connectivity index (χ0) is 11.9. The minimum Gasteiger partial charge on any atom is -0.256 e. The van der Waals surface area contributed by atoms with Crippen molar-refractivity contribution in [2.24, 2.45) is 5.92 Å². The van der Waals surface area contributed by atoms with E-state index in [0.29, 0.717) is 0 Å². The van der Waals surface area contributed by atoms with Crippen LogP contribution in [0.25, 0.3) is 22.9 Å². The van der Waals surface area contributed by atoms with E-state index in [9.17, 15) is 0 Å². The second kappa shape index (κ2) is 3.94. The Morgan fingerprint density at radius 1 is 1.17 bits per heavy atom. The normalized spacial score (nSPS) is 22.2. The van der Waals surface area contributed by atoms with Gasteiger partial charge in [-0.15, -0.1) is 0 Å². The van der Waals surface area contributed by atoms with Gasteiger partial charge in [0.15, 0.2) is 0 Å². The number of nitrogens with zero attached hydrogens (tertiary/aromatic N) is 1. The van der Waals surface area contributed by atoms with Crippen molar-refractivity contribution in [2.75, 3.05) is 0 Å². The summed E-state index contributed by atoms with van der Waals surface area (Å²) in [7, 11) is 0. The lowest BCUT2D eigenvalue weighted by Crippen LogP contribution is -2.31. The van der Waals surface area contributed by atoms with E-state index in [0.717, 1.165) is 11.6 Å². The van der Waals surface area contributed by atoms with Gasteiger partial charge in [0, 0.05) is 11.8 Å². The molecule has 18 heavy (non-hydrogen) atoms. The van der Waals surface area contributed by atoms with Crippen LogP contribution in [0.4, 0.5) is 0 Å². The molecule has 0 aromatic carbocycles. The molecule has 1 heteroatoms. The van der Waals surface area contributed by atoms with E-state index in [1.165, 1.54) is 48.1 Å². The number of hydrogen-bond acceptors (Lipinski definition) is 1. The van der Waals surface area contributed by atoms with Crippen molar-refractivity contribution in [3.63, 3.8) is 0 Å². The molecule has 0 bridgehead atoms. The maximum absolute atomic E-state index is 4.55. The largest absolute Gasteiger partial charge is 0.256 e. The van der Waals surface area contributed by atoms with Gasteiger partial charge in [0.1, 0.15) is 0 Å². The fourth-order valence-electron chi connectivity index (χ4n) is 3.64. The number of fused-ring (bicyclic) bond motifs is 4. The van der Waals surface area contributed by atoms with Gasteiger partial charge in [-0.05, 0) is 54.2 Å². The third-order valence-electron chi connectivity index (χ3n) is 4.48. The van der Waals surface area contributed by atoms with Gasteiger partial charge in [0.2, 0.25) is 0 Å². The lowest BCUT2D eigenvalue weighted by atomic mass is 9.79. The van der Waals surface area contributed by atoms with Crippen molar-refractivity contribution in [3.8, 4) is 11.3 Å². The minimum absolute atomic E-state index is 0.808. The molecule has 1 nitrogen and oxygen atoms in total. The van der Waals surface area contributed by atoms with Crippen molar-refractivity contribution in [1.82, 2.24) is 4.98 Å². The first kappa shape index (κ1) is 10.3. The van der Waals surface area contributed by atoms with Gasteiger partial charge >= 0.3 is 0 Å². The monoisotopic (exact) mass is 235 g/mol. The SMILES string of the molecule is C1=c2cc3nccccc-3c2=C2CCCCC2C1. The van der Waals surface area contributed by atoms with Crippen LogP contribution in [0.2, 0.25) is 0 Å². The van der Waals surface area contributed by atoms with Crippen LogP contribution in [-0.2, 0) is 0 Å². The average Bonchev–Trinajstić information content (AvgIpc) is 2.61. The number of aromatic nitrogens is 1. The number of hydrogen-bond donors (Lipinski definition) is 0. The first-order valence-corrected chi connectivity index (χ1v) is 7.00. The van der Waals surface area contributed by atoms with Crippen molar-refractivity contribution < 1.29 is 0 Å². The molecule has 4 rings (SSSR count). The van der Waals surface area contributed by atoms with Gasteiger partial charge in [0.25, 0.3) is 0 Å². The van der Waals surface area contributed by atoms with Crippen LogP contribution in [0, 0.1) is 5.92 Å². The molecule has 1 heterocycles. The highest BCUT2D eigenvalue weighted by Gasteiger charge is 2.23. The fourth-order valence-corrected chi connectivity index (χ4v) is 3.64. The Morgan fingerprint density at radius 2 is 2.17 bits per heavy atom. The predicted octanol–water partition coefficient (Wildman–Crippen LogP) is 2.71. The topological polar surface area (TPSA) is 12.9 Å². The molecule has 0 aromatic rings. The summed E-state index contributed by atoms with van der Waals surface area (Å²) >= 11 is 0. The Labute approximate surface area is 107 Å². The van der Waals surface area contributed by atoms with E-state index in [-0.39, 0.29) is 0 Å². The van der Waals surface area contributed by atoms with Gasteiger partial charge in [-0.25, -0.2) is 0 Å². The smallest absolute Gasteiger partial charge is 0.0714 e. The van der Waals surface area contributed by atoms with Crippen LogP contribution in [-0.4, -0.2) is 4.98 Å². The van der Waals surface area contributed by atoms with E-state index < -0.39 is 0 Å². The second-order valence-electron chi connectivity index (χ2n) is 5.51. The van der Waals surface area contributed by atoms with Crippen LogP contribution < -0.4 is 10.4 Å². The first-order chi connectivity index (χ1) is 8.93. The lowest BCUT2D eigenvalue weighted by molar-refractivity contribution is 0.508. The van der Waals surface area contributed by atoms with Crippen LogP contribution >= 0.6 is 0 Å². The van der Waals surface area contributed by atoms with Gasteiger partial charge in [-0.2, -0.15) is 0 Å². The Kier molecular flexibility index (Phi) is 2.26. The molecule has 0 amide bonds. The summed E-state index contributed by atoms with van der Waals surface area (Å²) in [6.45, 7) is 0. The molecule has 4 aliphatic rings. The highest BCUT2D eigenvalue weighted by atomic mass is 14.7. The molecule has 1 saturated carbocycles. The molecule has 3 aliphatic carbocycles. The Morgan fingerprint density at radius 3 is 3.17 bits per heavy atom. The standard InChI is InChI=1S/C17H17N/c1-2-6-14-12(5-1)8-9-13-11-16-15(17(13)14)7-3-4-10-18-16/h3-4,7,9-12H,1-2,5-6,8H2. The van der Waals surface area contributed by atoms with Crippen LogP contribution in [0.1, 0.15) is 32.1 Å². The van der Waals surface area contributed by atoms with Gasteiger partial charge in [0.05, 0.1) is 5.69 Å². The maximum Gasteiger partial charge on any atom is 0.0714 e. The highest BCUT2D eigenvalue weighted by molar-refractivity contribution is 5.71. The highest BCUT2D eigenvalue weighted by Crippen LogP contribution is 2.34. The van der Waals surface area contributed by atoms with E-state index >= 15 is 0 Å². The predicted molar refractivity (Wildman–Crippen MR) is 74.6 cm³/mol. The Balaban J connectivity index is 2.11. The van der Waals surface area contributed by atoms with Crippen molar-refractivity contribution >= 4 is 11.6 Å². The molecule has 1 unspecified atom stereocenters. The Bertz CT molecular complexity index is 683. The summed E-state index contributed by atoms with van der Waals surface area (Å²) in [5, 5.41) is 2.95. The molecule has 1 aliphatic heterocycles. The average molecular weight is 235 g/mol. The summed E-state index contributed by atoms with van der Waals surface area (Å²) in [6, 6.07) is 8.63. The summed E-state index contributed by atoms with van der Waals surface area (Å²) in [5.41, 5.74) is 4.22. The molecule has 1 fully saturated rings. The van der Waals surface area contributed by atoms with Crippen molar-refractivity contribution in [2.45, 2.75) is 32.1 Å². The van der Waals surface area contributed by atoms with Gasteiger partial charge in [-0.1, -0.05) is 30.2 Å². The summed E-state index contributed by atoms with van der Waals surface area (Å²) in [6.07, 6.45) is 11.0. The molecule has 0 saturated heterocycles. The van der Waals surface area contributed by atoms with Gasteiger partial charge in [-0.3, -0.25) is 4.98 Å².